The molecule has 1 fully saturated rings. The number of nitrogens with zero attached hydrogens (tertiary/aromatic N) is 4. The number of hydrogen-bond donors (Lipinski definition) is 0. The Morgan fingerprint density at radius 1 is 1.22 bits per heavy atom. The Labute approximate surface area is 134 Å². The SMILES string of the molecule is Cc1cncc(C2CCN(C(=O)c3ccc(=O)n(C)c3)CC2)n1. The highest BCUT2D eigenvalue weighted by atomic mass is 16.2. The standard InChI is InChI=1S/C17H20N4O2/c1-12-9-18-10-15(19-12)13-5-7-21(8-6-13)17(23)14-3-4-16(22)20(2)11-14/h3-4,9-11,13H,5-8H2,1-2H3. The molecule has 23 heavy (non-hydrogen) atoms. The molecule has 0 aromatic carbocycles. The van der Waals surface area contributed by atoms with Gasteiger partial charge in [-0.1, -0.05) is 0 Å². The van der Waals surface area contributed by atoms with Crippen LogP contribution in [0.4, 0.5) is 0 Å². The van der Waals surface area contributed by atoms with Gasteiger partial charge in [-0.15, -0.1) is 0 Å². The number of piperidine rings is 1. The largest absolute Gasteiger partial charge is 0.339 e. The minimum atomic E-state index is -0.113. The van der Waals surface area contributed by atoms with Crippen molar-refractivity contribution in [2.75, 3.05) is 13.1 Å². The molecule has 0 saturated carbocycles. The van der Waals surface area contributed by atoms with E-state index in [1.165, 1.54) is 10.6 Å². The molecule has 0 unspecified atom stereocenters. The van der Waals surface area contributed by atoms with Crippen molar-refractivity contribution in [1.29, 1.82) is 0 Å². The Kier molecular flexibility index (Phi) is 4.23. The lowest BCUT2D eigenvalue weighted by Gasteiger charge is -2.31. The number of likely N-dealkylation sites (tertiary alicyclic amines) is 1. The average Bonchev–Trinajstić information content (AvgIpc) is 2.57. The van der Waals surface area contributed by atoms with Gasteiger partial charge in [0.05, 0.1) is 17.0 Å². The molecule has 1 amide bonds. The Balaban J connectivity index is 1.67. The fraction of sp³-hybridized carbons (Fsp3) is 0.412. The average molecular weight is 312 g/mol. The van der Waals surface area contributed by atoms with Crippen molar-refractivity contribution in [3.8, 4) is 0 Å². The Morgan fingerprint density at radius 3 is 2.61 bits per heavy atom. The van der Waals surface area contributed by atoms with Gasteiger partial charge in [0.15, 0.2) is 0 Å². The monoisotopic (exact) mass is 312 g/mol. The Bertz CT molecular complexity index is 776. The molecule has 120 valence electrons. The minimum absolute atomic E-state index is 0.0191. The topological polar surface area (TPSA) is 68.1 Å². The van der Waals surface area contributed by atoms with E-state index >= 15 is 0 Å². The predicted molar refractivity (Wildman–Crippen MR) is 86.3 cm³/mol. The van der Waals surface area contributed by atoms with Crippen LogP contribution in [-0.2, 0) is 7.05 Å². The van der Waals surface area contributed by atoms with E-state index in [-0.39, 0.29) is 11.5 Å². The zero-order chi connectivity index (χ0) is 16.4. The summed E-state index contributed by atoms with van der Waals surface area (Å²) in [4.78, 5) is 34.6. The normalized spacial score (nSPS) is 15.7. The van der Waals surface area contributed by atoms with Crippen LogP contribution in [0.3, 0.4) is 0 Å². The molecule has 6 heteroatoms. The van der Waals surface area contributed by atoms with E-state index in [9.17, 15) is 9.59 Å². The van der Waals surface area contributed by atoms with Crippen molar-refractivity contribution < 1.29 is 4.79 Å². The molecule has 3 rings (SSSR count). The van der Waals surface area contributed by atoms with Crippen LogP contribution in [0.25, 0.3) is 0 Å². The number of carbonyl (C=O) groups is 1. The van der Waals surface area contributed by atoms with E-state index in [0.717, 1.165) is 24.2 Å². The third-order valence-corrected chi connectivity index (χ3v) is 4.31. The maximum Gasteiger partial charge on any atom is 0.255 e. The summed E-state index contributed by atoms with van der Waals surface area (Å²) in [5.41, 5.74) is 2.38. The highest BCUT2D eigenvalue weighted by Gasteiger charge is 2.25. The highest BCUT2D eigenvalue weighted by molar-refractivity contribution is 5.93. The maximum atomic E-state index is 12.5. The first-order valence-corrected chi connectivity index (χ1v) is 7.79. The van der Waals surface area contributed by atoms with Crippen LogP contribution >= 0.6 is 0 Å². The molecule has 6 nitrogen and oxygen atoms in total. The van der Waals surface area contributed by atoms with Crippen LogP contribution in [0.1, 0.15) is 40.5 Å². The first kappa shape index (κ1) is 15.4. The molecule has 0 N–H and O–H groups in total. The molecule has 0 atom stereocenters. The second-order valence-electron chi connectivity index (χ2n) is 6.02. The lowest BCUT2D eigenvalue weighted by atomic mass is 9.93. The third-order valence-electron chi connectivity index (χ3n) is 4.31. The smallest absolute Gasteiger partial charge is 0.255 e. The van der Waals surface area contributed by atoms with E-state index in [4.69, 9.17) is 0 Å². The lowest BCUT2D eigenvalue weighted by Crippen LogP contribution is -2.38. The van der Waals surface area contributed by atoms with Gasteiger partial charge >= 0.3 is 0 Å². The van der Waals surface area contributed by atoms with Gasteiger partial charge in [0.2, 0.25) is 5.56 Å². The van der Waals surface area contributed by atoms with Crippen LogP contribution in [0.5, 0.6) is 0 Å². The van der Waals surface area contributed by atoms with Crippen molar-refractivity contribution in [3.63, 3.8) is 0 Å². The molecular formula is C17H20N4O2. The van der Waals surface area contributed by atoms with Gasteiger partial charge in [-0.25, -0.2) is 0 Å². The zero-order valence-corrected chi connectivity index (χ0v) is 13.4. The van der Waals surface area contributed by atoms with E-state index in [1.807, 2.05) is 18.0 Å². The summed E-state index contributed by atoms with van der Waals surface area (Å²) in [5, 5.41) is 0. The lowest BCUT2D eigenvalue weighted by molar-refractivity contribution is 0.0711. The van der Waals surface area contributed by atoms with Gasteiger partial charge in [-0.2, -0.15) is 0 Å². The quantitative estimate of drug-likeness (QED) is 0.843. The summed E-state index contributed by atoms with van der Waals surface area (Å²) in [6.07, 6.45) is 6.94. The summed E-state index contributed by atoms with van der Waals surface area (Å²) in [6.45, 7) is 3.33. The molecule has 3 heterocycles. The molecule has 0 bridgehead atoms. The fourth-order valence-corrected chi connectivity index (χ4v) is 2.96. The summed E-state index contributed by atoms with van der Waals surface area (Å²) in [5.74, 6) is 0.334. The van der Waals surface area contributed by atoms with Crippen molar-refractivity contribution >= 4 is 5.91 Å². The van der Waals surface area contributed by atoms with Crippen LogP contribution < -0.4 is 5.56 Å². The molecular weight excluding hydrogens is 292 g/mol. The van der Waals surface area contributed by atoms with E-state index in [1.54, 1.807) is 25.5 Å². The maximum absolute atomic E-state index is 12.5. The minimum Gasteiger partial charge on any atom is -0.339 e. The molecule has 0 spiro atoms. The number of pyridine rings is 1. The second-order valence-corrected chi connectivity index (χ2v) is 6.02. The van der Waals surface area contributed by atoms with Crippen LogP contribution in [0.15, 0.2) is 35.5 Å². The Hall–Kier alpha value is -2.50. The van der Waals surface area contributed by atoms with Gasteiger partial charge in [0.1, 0.15) is 0 Å². The van der Waals surface area contributed by atoms with E-state index in [0.29, 0.717) is 24.6 Å². The van der Waals surface area contributed by atoms with Gasteiger partial charge in [-0.3, -0.25) is 19.6 Å². The van der Waals surface area contributed by atoms with Crippen molar-refractivity contribution in [2.24, 2.45) is 7.05 Å². The van der Waals surface area contributed by atoms with E-state index in [2.05, 4.69) is 9.97 Å². The summed E-state index contributed by atoms with van der Waals surface area (Å²) in [7, 11) is 1.65. The van der Waals surface area contributed by atoms with Crippen molar-refractivity contribution in [1.82, 2.24) is 19.4 Å². The van der Waals surface area contributed by atoms with E-state index < -0.39 is 0 Å². The van der Waals surface area contributed by atoms with Gasteiger partial charge in [0.25, 0.3) is 5.91 Å². The van der Waals surface area contributed by atoms with Crippen molar-refractivity contribution in [2.45, 2.75) is 25.7 Å². The number of hydrogen-bond acceptors (Lipinski definition) is 4. The number of amides is 1. The van der Waals surface area contributed by atoms with Gasteiger partial charge < -0.3 is 9.47 Å². The molecule has 0 radical (unpaired) electrons. The van der Waals surface area contributed by atoms with Crippen molar-refractivity contribution in [3.05, 3.63) is 58.0 Å². The Morgan fingerprint density at radius 2 is 1.96 bits per heavy atom. The van der Waals surface area contributed by atoms with Gasteiger partial charge in [-0.05, 0) is 25.8 Å². The summed E-state index contributed by atoms with van der Waals surface area (Å²) >= 11 is 0. The highest BCUT2D eigenvalue weighted by Crippen LogP contribution is 2.27. The molecule has 2 aromatic rings. The molecule has 2 aromatic heterocycles. The first-order chi connectivity index (χ1) is 11.0. The fourth-order valence-electron chi connectivity index (χ4n) is 2.96. The molecule has 1 saturated heterocycles. The van der Waals surface area contributed by atoms with Crippen LogP contribution in [-0.4, -0.2) is 38.4 Å². The first-order valence-electron chi connectivity index (χ1n) is 7.79. The second kappa shape index (κ2) is 6.32. The number of carbonyl (C=O) groups excluding carboxylic acids is 1. The molecule has 1 aliphatic heterocycles. The number of aromatic nitrogens is 3. The molecule has 0 aliphatic carbocycles. The zero-order valence-electron chi connectivity index (χ0n) is 13.4. The summed E-state index contributed by atoms with van der Waals surface area (Å²) < 4.78 is 1.43. The number of aryl methyl sites for hydroxylation is 2. The van der Waals surface area contributed by atoms with Crippen LogP contribution in [0.2, 0.25) is 0 Å². The van der Waals surface area contributed by atoms with Gasteiger partial charge in [0, 0.05) is 50.7 Å². The number of rotatable bonds is 2. The predicted octanol–water partition coefficient (Wildman–Crippen LogP) is 1.50. The third kappa shape index (κ3) is 3.31. The van der Waals surface area contributed by atoms with Crippen LogP contribution in [0, 0.1) is 6.92 Å². The summed E-state index contributed by atoms with van der Waals surface area (Å²) in [6, 6.07) is 3.03. The molecule has 1 aliphatic rings.